The summed E-state index contributed by atoms with van der Waals surface area (Å²) in [7, 11) is 3.57. The molecular weight excluding hydrogens is 495 g/mol. The van der Waals surface area contributed by atoms with Crippen LogP contribution in [0, 0.1) is 5.82 Å². The third-order valence-corrected chi connectivity index (χ3v) is 8.24. The molecule has 4 aromatic rings. The van der Waals surface area contributed by atoms with Gasteiger partial charge >= 0.3 is 5.97 Å². The van der Waals surface area contributed by atoms with Crippen LogP contribution in [-0.2, 0) is 33.0 Å². The van der Waals surface area contributed by atoms with Crippen molar-refractivity contribution in [2.24, 2.45) is 0 Å². The van der Waals surface area contributed by atoms with Crippen LogP contribution in [0.2, 0.25) is 0 Å². The lowest BCUT2D eigenvalue weighted by atomic mass is 9.78. The molecule has 4 aromatic carbocycles. The summed E-state index contributed by atoms with van der Waals surface area (Å²) in [5.41, 5.74) is 5.02. The second-order valence-electron chi connectivity index (χ2n) is 10.4. The number of halogens is 1. The highest BCUT2D eigenvalue weighted by atomic mass is 19.1. The highest BCUT2D eigenvalue weighted by molar-refractivity contribution is 6.07. The highest BCUT2D eigenvalue weighted by Gasteiger charge is 2.37. The lowest BCUT2D eigenvalue weighted by Gasteiger charge is -2.39. The van der Waals surface area contributed by atoms with Crippen molar-refractivity contribution in [2.75, 3.05) is 14.2 Å². The van der Waals surface area contributed by atoms with Crippen LogP contribution >= 0.6 is 0 Å². The number of carbonyl (C=O) groups excluding carboxylic acids is 1. The van der Waals surface area contributed by atoms with Gasteiger partial charge in [-0.05, 0) is 95.1 Å². The Morgan fingerprint density at radius 2 is 1.77 bits per heavy atom. The van der Waals surface area contributed by atoms with Gasteiger partial charge in [-0.25, -0.2) is 9.18 Å². The van der Waals surface area contributed by atoms with Gasteiger partial charge in [-0.3, -0.25) is 0 Å². The Morgan fingerprint density at radius 1 is 0.974 bits per heavy atom. The topological polar surface area (TPSA) is 54.0 Å². The van der Waals surface area contributed by atoms with Crippen molar-refractivity contribution in [1.82, 2.24) is 0 Å². The molecule has 1 saturated carbocycles. The maximum absolute atomic E-state index is 13.6. The predicted octanol–water partition coefficient (Wildman–Crippen LogP) is 7.33. The largest absolute Gasteiger partial charge is 0.489 e. The van der Waals surface area contributed by atoms with Gasteiger partial charge in [-0.1, -0.05) is 36.4 Å². The second-order valence-corrected chi connectivity index (χ2v) is 10.4. The summed E-state index contributed by atoms with van der Waals surface area (Å²) in [5.74, 6) is 0.0538. The van der Waals surface area contributed by atoms with E-state index in [-0.39, 0.29) is 24.0 Å². The molecule has 200 valence electrons. The Bertz CT molecular complexity index is 1520. The Kier molecular flexibility index (Phi) is 6.83. The number of ether oxygens (including phenoxy) is 4. The van der Waals surface area contributed by atoms with E-state index in [0.717, 1.165) is 64.3 Å². The molecule has 0 N–H and O–H groups in total. The summed E-state index contributed by atoms with van der Waals surface area (Å²) in [6.07, 6.45) is 4.07. The molecule has 39 heavy (non-hydrogen) atoms. The number of methoxy groups -OCH3 is 2. The van der Waals surface area contributed by atoms with Gasteiger partial charge in [0.25, 0.3) is 0 Å². The smallest absolute Gasteiger partial charge is 0.338 e. The number of benzene rings is 4. The molecule has 2 aliphatic rings. The van der Waals surface area contributed by atoms with Gasteiger partial charge in [-0.2, -0.15) is 0 Å². The zero-order valence-corrected chi connectivity index (χ0v) is 22.2. The number of carbonyl (C=O) groups is 1. The second kappa shape index (κ2) is 10.4. The lowest BCUT2D eigenvalue weighted by molar-refractivity contribution is -0.0762. The van der Waals surface area contributed by atoms with Crippen molar-refractivity contribution < 1.29 is 28.1 Å². The van der Waals surface area contributed by atoms with Crippen LogP contribution in [0.25, 0.3) is 21.9 Å². The summed E-state index contributed by atoms with van der Waals surface area (Å²) in [6, 6.07) is 22.5. The standard InChI is InChI=1S/C33H31FO5/c1-36-26-12-14-33(37-2,15-13-26)24-5-3-4-21(16-24)19-38-27-10-11-28-23(17-27)18-29-30(20-39-32(29)35)31(28)22-6-8-25(34)9-7-22/h3-11,16-18,26H,12-15,19-20H2,1-2H3/t26-,33+. The molecule has 6 heteroatoms. The molecule has 0 amide bonds. The van der Waals surface area contributed by atoms with E-state index in [4.69, 9.17) is 18.9 Å². The van der Waals surface area contributed by atoms with Gasteiger partial charge in [0.15, 0.2) is 0 Å². The maximum atomic E-state index is 13.6. The molecule has 0 aromatic heterocycles. The van der Waals surface area contributed by atoms with Gasteiger partial charge in [0.05, 0.1) is 17.3 Å². The van der Waals surface area contributed by atoms with Crippen molar-refractivity contribution in [3.63, 3.8) is 0 Å². The van der Waals surface area contributed by atoms with Crippen LogP contribution in [0.1, 0.15) is 52.7 Å². The first-order valence-electron chi connectivity index (χ1n) is 13.3. The van der Waals surface area contributed by atoms with Crippen LogP contribution in [0.3, 0.4) is 0 Å². The Hall–Kier alpha value is -3.74. The Labute approximate surface area is 227 Å². The van der Waals surface area contributed by atoms with E-state index in [1.165, 1.54) is 12.1 Å². The molecule has 6 rings (SSSR count). The fraction of sp³-hybridized carbons (Fsp3) is 0.303. The molecule has 0 atom stereocenters. The van der Waals surface area contributed by atoms with Crippen molar-refractivity contribution in [1.29, 1.82) is 0 Å². The molecule has 0 bridgehead atoms. The summed E-state index contributed by atoms with van der Waals surface area (Å²) in [5, 5.41) is 1.83. The maximum Gasteiger partial charge on any atom is 0.338 e. The first kappa shape index (κ1) is 25.5. The first-order valence-corrected chi connectivity index (χ1v) is 13.3. The van der Waals surface area contributed by atoms with Crippen LogP contribution in [0.15, 0.2) is 72.8 Å². The molecule has 1 aliphatic heterocycles. The van der Waals surface area contributed by atoms with E-state index in [2.05, 4.69) is 24.3 Å². The number of fused-ring (bicyclic) bond motifs is 2. The predicted molar refractivity (Wildman–Crippen MR) is 147 cm³/mol. The molecule has 1 heterocycles. The number of rotatable bonds is 7. The van der Waals surface area contributed by atoms with E-state index in [1.54, 1.807) is 26.4 Å². The number of esters is 1. The number of hydrogen-bond acceptors (Lipinski definition) is 5. The van der Waals surface area contributed by atoms with E-state index < -0.39 is 0 Å². The van der Waals surface area contributed by atoms with Crippen molar-refractivity contribution in [3.05, 3.63) is 101 Å². The SMILES string of the molecule is CO[C@H]1CC[C@](OC)(c2cccc(COc3ccc4c(-c5ccc(F)cc5)c5c(cc4c3)C(=O)OC5)c2)CC1. The monoisotopic (exact) mass is 526 g/mol. The summed E-state index contributed by atoms with van der Waals surface area (Å²) in [4.78, 5) is 12.5. The van der Waals surface area contributed by atoms with Crippen LogP contribution < -0.4 is 4.74 Å². The third-order valence-electron chi connectivity index (χ3n) is 8.24. The fourth-order valence-electron chi connectivity index (χ4n) is 6.03. The van der Waals surface area contributed by atoms with E-state index in [1.807, 2.05) is 24.3 Å². The van der Waals surface area contributed by atoms with Crippen molar-refractivity contribution in [2.45, 2.75) is 50.6 Å². The van der Waals surface area contributed by atoms with E-state index >= 15 is 0 Å². The number of hydrogen-bond donors (Lipinski definition) is 0. The Balaban J connectivity index is 1.27. The molecule has 5 nitrogen and oxygen atoms in total. The molecule has 1 fully saturated rings. The lowest BCUT2D eigenvalue weighted by Crippen LogP contribution is -2.36. The summed E-state index contributed by atoms with van der Waals surface area (Å²) in [6.45, 7) is 0.609. The first-order chi connectivity index (χ1) is 19.0. The third kappa shape index (κ3) is 4.79. The minimum atomic E-state index is -0.343. The fourth-order valence-corrected chi connectivity index (χ4v) is 6.03. The van der Waals surface area contributed by atoms with Crippen LogP contribution in [-0.4, -0.2) is 26.3 Å². The van der Waals surface area contributed by atoms with Gasteiger partial charge < -0.3 is 18.9 Å². The quantitative estimate of drug-likeness (QED) is 0.236. The molecule has 0 spiro atoms. The molecule has 1 aliphatic carbocycles. The summed E-state index contributed by atoms with van der Waals surface area (Å²) >= 11 is 0. The van der Waals surface area contributed by atoms with Crippen LogP contribution in [0.4, 0.5) is 4.39 Å². The normalized spacial score (nSPS) is 20.6. The van der Waals surface area contributed by atoms with Gasteiger partial charge in [0, 0.05) is 19.8 Å². The average Bonchev–Trinajstić information content (AvgIpc) is 3.35. The molecule has 0 unspecified atom stereocenters. The van der Waals surface area contributed by atoms with E-state index in [0.29, 0.717) is 24.0 Å². The van der Waals surface area contributed by atoms with Gasteiger partial charge in [-0.15, -0.1) is 0 Å². The minimum absolute atomic E-state index is 0.209. The van der Waals surface area contributed by atoms with Gasteiger partial charge in [0.1, 0.15) is 24.8 Å². The molecule has 0 radical (unpaired) electrons. The molecule has 0 saturated heterocycles. The highest BCUT2D eigenvalue weighted by Crippen LogP contribution is 2.42. The zero-order valence-electron chi connectivity index (χ0n) is 22.2. The average molecular weight is 527 g/mol. The zero-order chi connectivity index (χ0) is 27.0. The van der Waals surface area contributed by atoms with Gasteiger partial charge in [0.2, 0.25) is 0 Å². The molecular formula is C33H31FO5. The number of cyclic esters (lactones) is 1. The van der Waals surface area contributed by atoms with Crippen molar-refractivity contribution >= 4 is 16.7 Å². The van der Waals surface area contributed by atoms with Crippen molar-refractivity contribution in [3.8, 4) is 16.9 Å². The van der Waals surface area contributed by atoms with E-state index in [9.17, 15) is 9.18 Å². The minimum Gasteiger partial charge on any atom is -0.489 e. The Morgan fingerprint density at radius 3 is 2.51 bits per heavy atom. The summed E-state index contributed by atoms with van der Waals surface area (Å²) < 4.78 is 36.8. The van der Waals surface area contributed by atoms with Crippen LogP contribution in [0.5, 0.6) is 5.75 Å².